The highest BCUT2D eigenvalue weighted by Gasteiger charge is 2.35. The fourth-order valence-corrected chi connectivity index (χ4v) is 4.15. The van der Waals surface area contributed by atoms with E-state index in [-0.39, 0.29) is 18.6 Å². The van der Waals surface area contributed by atoms with Crippen LogP contribution < -0.4 is 4.74 Å². The average Bonchev–Trinajstić information content (AvgIpc) is 3.48. The molecule has 0 aliphatic carbocycles. The summed E-state index contributed by atoms with van der Waals surface area (Å²) in [5.74, 6) is -0.0830. The van der Waals surface area contributed by atoms with Gasteiger partial charge in [-0.05, 0) is 41.9 Å². The Bertz CT molecular complexity index is 1080. The molecule has 0 bridgehead atoms. The predicted molar refractivity (Wildman–Crippen MR) is 119 cm³/mol. The number of thiophene rings is 1. The molecule has 0 spiro atoms. The van der Waals surface area contributed by atoms with E-state index in [0.29, 0.717) is 24.3 Å². The number of hydrogen-bond acceptors (Lipinski definition) is 6. The van der Waals surface area contributed by atoms with Gasteiger partial charge in [0.2, 0.25) is 0 Å². The summed E-state index contributed by atoms with van der Waals surface area (Å²) in [4.78, 5) is 25.1. The van der Waals surface area contributed by atoms with E-state index in [2.05, 4.69) is 0 Å². The maximum atomic E-state index is 13.3. The number of ether oxygens (including phenoxy) is 2. The molecule has 31 heavy (non-hydrogen) atoms. The molecule has 2 heterocycles. The molecule has 158 valence electrons. The minimum absolute atomic E-state index is 0.184. The zero-order chi connectivity index (χ0) is 21.6. The van der Waals surface area contributed by atoms with Gasteiger partial charge in [-0.15, -0.1) is 0 Å². The highest BCUT2D eigenvalue weighted by molar-refractivity contribution is 7.08. The van der Waals surface area contributed by atoms with Crippen LogP contribution in [-0.2, 0) is 9.53 Å². The minimum Gasteiger partial charge on any atom is -0.482 e. The molecule has 0 fully saturated rings. The van der Waals surface area contributed by atoms with E-state index < -0.39 is 5.97 Å². The van der Waals surface area contributed by atoms with Gasteiger partial charge in [0.05, 0.1) is 18.4 Å². The summed E-state index contributed by atoms with van der Waals surface area (Å²) in [5.41, 5.74) is 3.21. The maximum absolute atomic E-state index is 13.3. The molecule has 1 unspecified atom stereocenters. The van der Waals surface area contributed by atoms with E-state index in [1.54, 1.807) is 36.5 Å². The fraction of sp³-hybridized carbons (Fsp3) is 0.208. The summed E-state index contributed by atoms with van der Waals surface area (Å²) >= 11 is 1.59. The first-order valence-electron chi connectivity index (χ1n) is 10.0. The Morgan fingerprint density at radius 3 is 2.61 bits per heavy atom. The summed E-state index contributed by atoms with van der Waals surface area (Å²) in [7, 11) is 0. The lowest BCUT2D eigenvalue weighted by Crippen LogP contribution is -2.27. The molecular weight excluding hydrogens is 412 g/mol. The normalized spacial score (nSPS) is 15.5. The number of hydrazone groups is 1. The Hall–Kier alpha value is -3.45. The van der Waals surface area contributed by atoms with E-state index in [1.165, 1.54) is 5.01 Å². The number of esters is 1. The van der Waals surface area contributed by atoms with Gasteiger partial charge in [-0.25, -0.2) is 9.80 Å². The molecule has 1 atom stereocenters. The van der Waals surface area contributed by atoms with Crippen molar-refractivity contribution in [3.8, 4) is 5.75 Å². The number of hydrogen-bond donors (Lipinski definition) is 0. The van der Waals surface area contributed by atoms with Gasteiger partial charge in [0.25, 0.3) is 5.91 Å². The van der Waals surface area contributed by atoms with Crippen molar-refractivity contribution in [1.82, 2.24) is 5.01 Å². The van der Waals surface area contributed by atoms with Gasteiger partial charge >= 0.3 is 5.97 Å². The number of carbonyl (C=O) groups is 2. The van der Waals surface area contributed by atoms with Crippen molar-refractivity contribution < 1.29 is 19.1 Å². The Balaban J connectivity index is 1.66. The number of amides is 1. The smallest absolute Gasteiger partial charge is 0.344 e. The number of para-hydroxylation sites is 1. The largest absolute Gasteiger partial charge is 0.482 e. The lowest BCUT2D eigenvalue weighted by Gasteiger charge is -2.24. The zero-order valence-electron chi connectivity index (χ0n) is 17.1. The first-order chi connectivity index (χ1) is 15.2. The molecule has 1 aliphatic heterocycles. The molecular formula is C24H22N2O4S. The third kappa shape index (κ3) is 4.67. The van der Waals surface area contributed by atoms with Crippen molar-refractivity contribution in [2.45, 2.75) is 19.4 Å². The first-order valence-corrected chi connectivity index (χ1v) is 11.0. The molecule has 0 saturated heterocycles. The summed E-state index contributed by atoms with van der Waals surface area (Å²) in [6.45, 7) is 1.85. The van der Waals surface area contributed by atoms with Crippen molar-refractivity contribution in [3.05, 3.63) is 88.1 Å². The minimum atomic E-state index is -0.434. The lowest BCUT2D eigenvalue weighted by atomic mass is 9.98. The highest BCUT2D eigenvalue weighted by Crippen LogP contribution is 2.38. The van der Waals surface area contributed by atoms with E-state index >= 15 is 0 Å². The van der Waals surface area contributed by atoms with Gasteiger partial charge in [-0.3, -0.25) is 4.79 Å². The summed E-state index contributed by atoms with van der Waals surface area (Å²) in [6.07, 6.45) is 0.551. The van der Waals surface area contributed by atoms with E-state index in [9.17, 15) is 9.59 Å². The molecule has 6 nitrogen and oxygen atoms in total. The van der Waals surface area contributed by atoms with Crippen LogP contribution >= 0.6 is 11.3 Å². The molecule has 2 aromatic carbocycles. The number of carbonyl (C=O) groups excluding carboxylic acids is 2. The number of rotatable bonds is 7. The molecule has 1 aliphatic rings. The van der Waals surface area contributed by atoms with E-state index in [1.807, 2.05) is 53.2 Å². The zero-order valence-corrected chi connectivity index (χ0v) is 17.9. The second-order valence-electron chi connectivity index (χ2n) is 6.93. The maximum Gasteiger partial charge on any atom is 0.344 e. The van der Waals surface area contributed by atoms with Crippen LogP contribution in [0, 0.1) is 0 Å². The second-order valence-corrected chi connectivity index (χ2v) is 7.71. The Kier molecular flexibility index (Phi) is 6.43. The summed E-state index contributed by atoms with van der Waals surface area (Å²) < 4.78 is 10.7. The fourth-order valence-electron chi connectivity index (χ4n) is 3.48. The topological polar surface area (TPSA) is 68.2 Å². The monoisotopic (exact) mass is 434 g/mol. The van der Waals surface area contributed by atoms with Crippen LogP contribution in [0.3, 0.4) is 0 Å². The molecule has 0 N–H and O–H groups in total. The molecule has 3 aromatic rings. The van der Waals surface area contributed by atoms with Crippen LogP contribution in [0.15, 0.2) is 76.5 Å². The summed E-state index contributed by atoms with van der Waals surface area (Å²) in [5, 5.41) is 10.2. The Morgan fingerprint density at radius 2 is 1.87 bits per heavy atom. The lowest BCUT2D eigenvalue weighted by molar-refractivity contribution is -0.145. The number of benzene rings is 2. The first kappa shape index (κ1) is 20.8. The van der Waals surface area contributed by atoms with Crippen LogP contribution in [0.4, 0.5) is 0 Å². The van der Waals surface area contributed by atoms with Gasteiger partial charge in [0.15, 0.2) is 6.61 Å². The molecule has 1 amide bonds. The van der Waals surface area contributed by atoms with Crippen molar-refractivity contribution in [1.29, 1.82) is 0 Å². The molecule has 0 radical (unpaired) electrons. The highest BCUT2D eigenvalue weighted by atomic mass is 32.1. The van der Waals surface area contributed by atoms with Crippen LogP contribution in [-0.4, -0.2) is 35.8 Å². The Labute approximate surface area is 184 Å². The van der Waals surface area contributed by atoms with Gasteiger partial charge in [0, 0.05) is 23.1 Å². The van der Waals surface area contributed by atoms with Crippen molar-refractivity contribution in [2.75, 3.05) is 13.2 Å². The second kappa shape index (κ2) is 9.57. The van der Waals surface area contributed by atoms with Crippen molar-refractivity contribution in [2.24, 2.45) is 5.10 Å². The van der Waals surface area contributed by atoms with Crippen LogP contribution in [0.2, 0.25) is 0 Å². The van der Waals surface area contributed by atoms with Crippen LogP contribution in [0.1, 0.15) is 40.9 Å². The number of nitrogens with zero attached hydrogens (tertiary/aromatic N) is 2. The molecule has 7 heteroatoms. The SMILES string of the molecule is CCOC(=O)COc1ccccc1C1CC(c2ccsc2)=NN1C(=O)c1ccccc1. The third-order valence-corrected chi connectivity index (χ3v) is 5.61. The van der Waals surface area contributed by atoms with Gasteiger partial charge < -0.3 is 9.47 Å². The molecule has 0 saturated carbocycles. The van der Waals surface area contributed by atoms with E-state index in [4.69, 9.17) is 14.6 Å². The standard InChI is InChI=1S/C24H22N2O4S/c1-2-29-23(27)15-30-22-11-7-6-10-19(22)21-14-20(18-12-13-31-16-18)25-26(21)24(28)17-8-4-3-5-9-17/h3-13,16,21H,2,14-15H2,1H3. The van der Waals surface area contributed by atoms with Gasteiger partial charge in [0.1, 0.15) is 5.75 Å². The Morgan fingerprint density at radius 1 is 1.10 bits per heavy atom. The third-order valence-electron chi connectivity index (χ3n) is 4.92. The quantitative estimate of drug-likeness (QED) is 0.506. The molecule has 4 rings (SSSR count). The van der Waals surface area contributed by atoms with Crippen LogP contribution in [0.5, 0.6) is 5.75 Å². The van der Waals surface area contributed by atoms with Gasteiger partial charge in [-0.2, -0.15) is 16.4 Å². The van der Waals surface area contributed by atoms with Crippen molar-refractivity contribution in [3.63, 3.8) is 0 Å². The van der Waals surface area contributed by atoms with Gasteiger partial charge in [-0.1, -0.05) is 36.4 Å². The predicted octanol–water partition coefficient (Wildman–Crippen LogP) is 4.68. The van der Waals surface area contributed by atoms with Crippen molar-refractivity contribution >= 4 is 28.9 Å². The average molecular weight is 435 g/mol. The van der Waals surface area contributed by atoms with E-state index in [0.717, 1.165) is 16.8 Å². The molecule has 1 aromatic heterocycles. The van der Waals surface area contributed by atoms with Crippen LogP contribution in [0.25, 0.3) is 0 Å². The summed E-state index contributed by atoms with van der Waals surface area (Å²) in [6, 6.07) is 18.2.